The van der Waals surface area contributed by atoms with Gasteiger partial charge in [0.15, 0.2) is 5.65 Å². The van der Waals surface area contributed by atoms with Crippen LogP contribution in [-0.2, 0) is 37.0 Å². The maximum absolute atomic E-state index is 13.3. The van der Waals surface area contributed by atoms with Crippen LogP contribution in [0.15, 0.2) is 96.9 Å². The number of aryl methyl sites for hydroxylation is 4. The average Bonchev–Trinajstić information content (AvgIpc) is 3.91. The van der Waals surface area contributed by atoms with E-state index in [2.05, 4.69) is 31.2 Å². The number of hydrogen-bond donors (Lipinski definition) is 3. The van der Waals surface area contributed by atoms with E-state index in [1.54, 1.807) is 58.3 Å². The first-order valence-electron chi connectivity index (χ1n) is 16.2. The quantitative estimate of drug-likeness (QED) is 0.126. The summed E-state index contributed by atoms with van der Waals surface area (Å²) in [7, 11) is -0.0508. The van der Waals surface area contributed by atoms with E-state index in [1.807, 2.05) is 51.1 Å². The van der Waals surface area contributed by atoms with Crippen molar-refractivity contribution in [3.05, 3.63) is 103 Å². The number of benzene rings is 1. The molecule has 0 saturated carbocycles. The van der Waals surface area contributed by atoms with E-state index in [4.69, 9.17) is 10.2 Å². The summed E-state index contributed by atoms with van der Waals surface area (Å²) in [5.41, 5.74) is 7.31. The molecule has 0 saturated heterocycles. The van der Waals surface area contributed by atoms with Gasteiger partial charge in [0, 0.05) is 97.5 Å². The number of unbranched alkanes of at least 4 members (excludes halogenated alkanes) is 2. The SMILES string of the molecule is Cn1cc(-c2c[nH]c3ncc(CCCCO)cc23)cn1.Cn1cc(-c2cn(S(=O)(=O)c3ccccc3)c3ncc(CCCCO)cc23)cn1.[Na+].[OH-]. The smallest absolute Gasteiger partial charge is 0.870 e. The largest absolute Gasteiger partial charge is 1.00 e. The second-order valence-electron chi connectivity index (χ2n) is 12.0. The van der Waals surface area contributed by atoms with E-state index in [0.717, 1.165) is 82.8 Å². The van der Waals surface area contributed by atoms with E-state index >= 15 is 0 Å². The number of nitrogens with one attached hydrogen (secondary N) is 1. The summed E-state index contributed by atoms with van der Waals surface area (Å²) >= 11 is 0. The van der Waals surface area contributed by atoms with Crippen LogP contribution in [-0.4, -0.2) is 75.8 Å². The minimum Gasteiger partial charge on any atom is -0.870 e. The number of nitrogens with zero attached hydrogens (tertiary/aromatic N) is 7. The predicted molar refractivity (Wildman–Crippen MR) is 191 cm³/mol. The molecule has 4 N–H and O–H groups in total. The zero-order chi connectivity index (χ0) is 34.4. The number of rotatable bonds is 12. The van der Waals surface area contributed by atoms with Crippen LogP contribution in [0.25, 0.3) is 44.3 Å². The molecule has 0 bridgehead atoms. The van der Waals surface area contributed by atoms with Crippen molar-refractivity contribution in [2.45, 2.75) is 43.4 Å². The van der Waals surface area contributed by atoms with E-state index in [-0.39, 0.29) is 53.1 Å². The Hall–Kier alpha value is -4.15. The van der Waals surface area contributed by atoms with Gasteiger partial charge in [0.2, 0.25) is 0 Å². The van der Waals surface area contributed by atoms with Crippen molar-refractivity contribution in [1.82, 2.24) is 38.5 Å². The molecule has 7 aromatic rings. The van der Waals surface area contributed by atoms with Crippen LogP contribution in [0.5, 0.6) is 0 Å². The fraction of sp³-hybridized carbons (Fsp3) is 0.278. The maximum Gasteiger partial charge on any atom is 1.00 e. The number of aromatic amines is 1. The molecule has 0 aliphatic rings. The zero-order valence-corrected chi connectivity index (χ0v) is 31.8. The second kappa shape index (κ2) is 17.9. The van der Waals surface area contributed by atoms with Crippen LogP contribution in [0.2, 0.25) is 0 Å². The van der Waals surface area contributed by atoms with Gasteiger partial charge in [0.25, 0.3) is 10.0 Å². The number of fused-ring (bicyclic) bond motifs is 2. The fourth-order valence-corrected chi connectivity index (χ4v) is 7.15. The van der Waals surface area contributed by atoms with Crippen LogP contribution in [0.3, 0.4) is 0 Å². The Morgan fingerprint density at radius 2 is 1.29 bits per heavy atom. The van der Waals surface area contributed by atoms with Crippen LogP contribution in [0.4, 0.5) is 0 Å². The summed E-state index contributed by atoms with van der Waals surface area (Å²) in [6.45, 7) is 0.406. The number of pyridine rings is 2. The molecule has 0 radical (unpaired) electrons. The standard InChI is InChI=1S/C21H22N4O3S.C15H18N4O.Na.H2O/c1-24-14-17(13-23-24)20-15-25(29(27,28)18-8-3-2-4-9-18)21-19(20)11-16(12-22-21)7-5-6-10-26;1-19-10-12(8-18-19)14-9-17-15-13(14)6-11(7-16-15)4-2-3-5-20;;/h2-4,8-9,11-15,26H,5-7,10H2,1H3;6-10,20H,2-5H2,1H3,(H,16,17);;1H2/q;;+1;/p-1. The number of aliphatic hydroxyl groups excluding tert-OH is 2. The molecule has 1 aromatic carbocycles. The first-order valence-corrected chi connectivity index (χ1v) is 17.7. The van der Waals surface area contributed by atoms with Crippen molar-refractivity contribution in [2.75, 3.05) is 13.2 Å². The van der Waals surface area contributed by atoms with Crippen LogP contribution < -0.4 is 29.6 Å². The van der Waals surface area contributed by atoms with E-state index in [0.29, 0.717) is 5.65 Å². The molecule has 0 unspecified atom stereocenters. The Kier molecular flexibility index (Phi) is 13.9. The molecule has 0 aliphatic carbocycles. The van der Waals surface area contributed by atoms with Gasteiger partial charge in [-0.1, -0.05) is 18.2 Å². The van der Waals surface area contributed by atoms with Gasteiger partial charge in [0.05, 0.1) is 17.3 Å². The van der Waals surface area contributed by atoms with Gasteiger partial charge in [-0.3, -0.25) is 9.36 Å². The third-order valence-corrected chi connectivity index (χ3v) is 10.00. The normalized spacial score (nSPS) is 11.2. The van der Waals surface area contributed by atoms with E-state index < -0.39 is 10.0 Å². The topological polar surface area (TPSA) is 187 Å². The van der Waals surface area contributed by atoms with Gasteiger partial charge in [-0.15, -0.1) is 0 Å². The molecule has 15 heteroatoms. The first-order chi connectivity index (χ1) is 23.8. The van der Waals surface area contributed by atoms with Crippen molar-refractivity contribution in [2.24, 2.45) is 14.1 Å². The second-order valence-corrected chi connectivity index (χ2v) is 13.8. The molecular formula is C36H41N8NaO5S. The van der Waals surface area contributed by atoms with Gasteiger partial charge in [0.1, 0.15) is 5.65 Å². The molecule has 6 aromatic heterocycles. The predicted octanol–water partition coefficient (Wildman–Crippen LogP) is 2.09. The van der Waals surface area contributed by atoms with Crippen molar-refractivity contribution in [3.8, 4) is 22.3 Å². The summed E-state index contributed by atoms with van der Waals surface area (Å²) in [4.78, 5) is 12.4. The Labute approximate surface area is 318 Å². The molecule has 0 spiro atoms. The minimum absolute atomic E-state index is 0. The summed E-state index contributed by atoms with van der Waals surface area (Å²) in [5, 5.41) is 28.2. The third-order valence-electron chi connectivity index (χ3n) is 8.34. The average molecular weight is 721 g/mol. The number of H-pyrrole nitrogens is 1. The number of aromatic nitrogens is 8. The van der Waals surface area contributed by atoms with E-state index in [9.17, 15) is 8.42 Å². The Morgan fingerprint density at radius 1 is 0.725 bits per heavy atom. The van der Waals surface area contributed by atoms with Gasteiger partial charge in [-0.05, 0) is 73.9 Å². The summed E-state index contributed by atoms with van der Waals surface area (Å²) < 4.78 is 31.3. The molecule has 6 heterocycles. The van der Waals surface area contributed by atoms with Crippen molar-refractivity contribution in [3.63, 3.8) is 0 Å². The first kappa shape index (κ1) is 39.6. The Morgan fingerprint density at radius 3 is 1.86 bits per heavy atom. The number of hydrogen-bond acceptors (Lipinski definition) is 9. The molecular weight excluding hydrogens is 680 g/mol. The summed E-state index contributed by atoms with van der Waals surface area (Å²) in [6.07, 6.45) is 19.7. The van der Waals surface area contributed by atoms with Crippen LogP contribution in [0.1, 0.15) is 36.8 Å². The minimum atomic E-state index is -3.79. The Balaban J connectivity index is 0.000000234. The van der Waals surface area contributed by atoms with Gasteiger partial charge >= 0.3 is 29.6 Å². The summed E-state index contributed by atoms with van der Waals surface area (Å²) in [6, 6.07) is 12.5. The molecule has 13 nitrogen and oxygen atoms in total. The molecule has 0 aliphatic heterocycles. The van der Waals surface area contributed by atoms with Crippen LogP contribution >= 0.6 is 0 Å². The molecule has 0 fully saturated rings. The Bertz CT molecular complexity index is 2280. The van der Waals surface area contributed by atoms with E-state index in [1.165, 1.54) is 9.54 Å². The van der Waals surface area contributed by atoms with Crippen molar-refractivity contribution in [1.29, 1.82) is 0 Å². The van der Waals surface area contributed by atoms with Crippen molar-refractivity contribution >= 4 is 32.1 Å². The monoisotopic (exact) mass is 720 g/mol. The van der Waals surface area contributed by atoms with Crippen LogP contribution in [0, 0.1) is 0 Å². The third kappa shape index (κ3) is 9.02. The fourth-order valence-electron chi connectivity index (χ4n) is 5.80. The molecule has 7 rings (SSSR count). The van der Waals surface area contributed by atoms with Gasteiger partial charge < -0.3 is 20.7 Å². The maximum atomic E-state index is 13.3. The number of aliphatic hydroxyl groups is 2. The zero-order valence-electron chi connectivity index (χ0n) is 29.0. The molecule has 262 valence electrons. The molecule has 51 heavy (non-hydrogen) atoms. The van der Waals surface area contributed by atoms with Crippen molar-refractivity contribution < 1.29 is 53.7 Å². The van der Waals surface area contributed by atoms with Gasteiger partial charge in [-0.2, -0.15) is 10.2 Å². The molecule has 0 amide bonds. The molecule has 0 atom stereocenters. The summed E-state index contributed by atoms with van der Waals surface area (Å²) in [5.74, 6) is 0. The van der Waals surface area contributed by atoms with Gasteiger partial charge in [-0.25, -0.2) is 22.4 Å².